The lowest BCUT2D eigenvalue weighted by atomic mass is 10.0. The monoisotopic (exact) mass is 445 g/mol. The molecule has 2 aromatic rings. The smallest absolute Gasteiger partial charge is 0.272 e. The molecule has 0 bridgehead atoms. The Morgan fingerprint density at radius 3 is 2.16 bits per heavy atom. The van der Waals surface area contributed by atoms with E-state index >= 15 is 0 Å². The van der Waals surface area contributed by atoms with E-state index in [4.69, 9.17) is 11.5 Å². The summed E-state index contributed by atoms with van der Waals surface area (Å²) >= 11 is 0.798. The van der Waals surface area contributed by atoms with E-state index in [9.17, 15) is 14.4 Å². The Labute approximate surface area is 187 Å². The minimum atomic E-state index is -0.807. The first kappa shape index (κ1) is 24.3. The second-order valence-electron chi connectivity index (χ2n) is 8.72. The van der Waals surface area contributed by atoms with Gasteiger partial charge >= 0.3 is 0 Å². The van der Waals surface area contributed by atoms with Crippen molar-refractivity contribution in [3.8, 4) is 0 Å². The van der Waals surface area contributed by atoms with E-state index in [1.807, 2.05) is 52.0 Å². The highest BCUT2D eigenvalue weighted by molar-refractivity contribution is 7.09. The number of primary amides is 1. The maximum atomic E-state index is 13.6. The first-order chi connectivity index (χ1) is 14.4. The number of nitrogens with two attached hydrogens (primary N) is 2. The molecule has 9 heteroatoms. The van der Waals surface area contributed by atoms with Crippen molar-refractivity contribution < 1.29 is 14.4 Å². The van der Waals surface area contributed by atoms with Gasteiger partial charge in [0.25, 0.3) is 11.8 Å². The number of carbonyl (C=O) groups excluding carboxylic acids is 3. The predicted molar refractivity (Wildman–Crippen MR) is 124 cm³/mol. The fourth-order valence-corrected chi connectivity index (χ4v) is 3.88. The maximum Gasteiger partial charge on any atom is 0.272 e. The van der Waals surface area contributed by atoms with Gasteiger partial charge in [-0.1, -0.05) is 32.9 Å². The zero-order chi connectivity index (χ0) is 23.5. The third kappa shape index (κ3) is 5.61. The number of carbonyl (C=O) groups is 3. The Balaban J connectivity index is 2.57. The summed E-state index contributed by atoms with van der Waals surface area (Å²) in [6.45, 7) is 11.6. The zero-order valence-electron chi connectivity index (χ0n) is 18.9. The summed E-state index contributed by atoms with van der Waals surface area (Å²) in [6, 6.07) is 6.70. The Bertz CT molecular complexity index is 961. The average Bonchev–Trinajstić information content (AvgIpc) is 3.05. The molecule has 1 aromatic heterocycles. The lowest BCUT2D eigenvalue weighted by Crippen LogP contribution is -2.54. The second kappa shape index (κ2) is 9.47. The molecule has 0 aliphatic heterocycles. The molecule has 0 unspecified atom stereocenters. The molecule has 0 aliphatic carbocycles. The van der Waals surface area contributed by atoms with Crippen molar-refractivity contribution in [3.63, 3.8) is 0 Å². The molecule has 5 N–H and O–H groups in total. The molecule has 0 spiro atoms. The van der Waals surface area contributed by atoms with Crippen LogP contribution >= 0.6 is 11.5 Å². The van der Waals surface area contributed by atoms with Crippen LogP contribution in [0.3, 0.4) is 0 Å². The van der Waals surface area contributed by atoms with Crippen LogP contribution in [0.1, 0.15) is 79.6 Å². The molecule has 0 fully saturated rings. The summed E-state index contributed by atoms with van der Waals surface area (Å²) in [4.78, 5) is 39.7. The first-order valence-corrected chi connectivity index (χ1v) is 10.9. The van der Waals surface area contributed by atoms with Crippen LogP contribution in [0.5, 0.6) is 0 Å². The predicted octanol–water partition coefficient (Wildman–Crippen LogP) is 3.29. The van der Waals surface area contributed by atoms with E-state index in [0.29, 0.717) is 18.0 Å². The van der Waals surface area contributed by atoms with E-state index in [1.54, 1.807) is 0 Å². The molecule has 1 atom stereocenters. The molecule has 31 heavy (non-hydrogen) atoms. The molecule has 1 aromatic carbocycles. The van der Waals surface area contributed by atoms with E-state index in [0.717, 1.165) is 17.1 Å². The highest BCUT2D eigenvalue weighted by atomic mass is 32.1. The Morgan fingerprint density at radius 1 is 1.16 bits per heavy atom. The fraction of sp³-hybridized carbons (Fsp3) is 0.455. The molecule has 3 amide bonds. The average molecular weight is 446 g/mol. The molecule has 0 radical (unpaired) electrons. The number of hydrogen-bond donors (Lipinski definition) is 3. The molecule has 1 heterocycles. The van der Waals surface area contributed by atoms with Gasteiger partial charge < -0.3 is 16.8 Å². The Hall–Kier alpha value is -2.94. The van der Waals surface area contributed by atoms with Gasteiger partial charge in [0.15, 0.2) is 5.69 Å². The van der Waals surface area contributed by atoms with Crippen molar-refractivity contribution in [2.24, 2.45) is 5.73 Å². The molecule has 8 nitrogen and oxygen atoms in total. The number of nitrogens with zero attached hydrogens (tertiary/aromatic N) is 2. The SMILES string of the molecule is CC[C@@H](C(=O)NC(C)(C)C)N(C(=O)c1snc(C(N)=O)c1N)c1ccc(C(C)C)cc1. The van der Waals surface area contributed by atoms with Crippen LogP contribution in [0.4, 0.5) is 11.4 Å². The summed E-state index contributed by atoms with van der Waals surface area (Å²) in [7, 11) is 0. The quantitative estimate of drug-likeness (QED) is 0.602. The third-order valence-electron chi connectivity index (χ3n) is 4.71. The zero-order valence-corrected chi connectivity index (χ0v) is 19.7. The van der Waals surface area contributed by atoms with Crippen LogP contribution in [0.2, 0.25) is 0 Å². The van der Waals surface area contributed by atoms with Gasteiger partial charge in [-0.15, -0.1) is 0 Å². The molecule has 0 aliphatic rings. The largest absolute Gasteiger partial charge is 0.395 e. The van der Waals surface area contributed by atoms with Crippen LogP contribution in [0.15, 0.2) is 24.3 Å². The van der Waals surface area contributed by atoms with Crippen LogP contribution in [0, 0.1) is 0 Å². The first-order valence-electron chi connectivity index (χ1n) is 10.2. The molecular formula is C22H31N5O3S. The number of benzene rings is 1. The molecule has 0 saturated carbocycles. The van der Waals surface area contributed by atoms with Gasteiger partial charge in [-0.2, -0.15) is 4.37 Å². The number of rotatable bonds is 7. The lowest BCUT2D eigenvalue weighted by Gasteiger charge is -2.33. The van der Waals surface area contributed by atoms with Gasteiger partial charge in [-0.25, -0.2) is 0 Å². The minimum absolute atomic E-state index is 0.0719. The summed E-state index contributed by atoms with van der Waals surface area (Å²) in [5.41, 5.74) is 12.3. The lowest BCUT2D eigenvalue weighted by molar-refractivity contribution is -0.123. The third-order valence-corrected chi connectivity index (χ3v) is 5.56. The number of nitrogens with one attached hydrogen (secondary N) is 1. The van der Waals surface area contributed by atoms with Crippen molar-refractivity contribution in [1.82, 2.24) is 9.69 Å². The van der Waals surface area contributed by atoms with Crippen LogP contribution in [0.25, 0.3) is 0 Å². The molecule has 2 rings (SSSR count). The number of hydrogen-bond acceptors (Lipinski definition) is 6. The van der Waals surface area contributed by atoms with Crippen molar-refractivity contribution in [3.05, 3.63) is 40.4 Å². The second-order valence-corrected chi connectivity index (χ2v) is 9.50. The van der Waals surface area contributed by atoms with Crippen LogP contribution in [-0.4, -0.2) is 33.7 Å². The van der Waals surface area contributed by atoms with E-state index < -0.39 is 23.4 Å². The van der Waals surface area contributed by atoms with E-state index in [1.165, 1.54) is 4.90 Å². The minimum Gasteiger partial charge on any atom is -0.395 e. The van der Waals surface area contributed by atoms with Gasteiger partial charge in [-0.05, 0) is 62.3 Å². The maximum absolute atomic E-state index is 13.6. The van der Waals surface area contributed by atoms with Crippen molar-refractivity contribution >= 4 is 40.6 Å². The van der Waals surface area contributed by atoms with Crippen molar-refractivity contribution in [2.45, 2.75) is 65.5 Å². The standard InChI is InChI=1S/C22H31N5O3S/c1-7-15(20(29)25-22(4,5)6)27(14-10-8-13(9-11-14)12(2)3)21(30)18-16(23)17(19(24)28)26-31-18/h8-12,15H,7,23H2,1-6H3,(H2,24,28)(H,25,29)/t15-/m0/s1. The number of amides is 3. The van der Waals surface area contributed by atoms with Crippen LogP contribution < -0.4 is 21.7 Å². The highest BCUT2D eigenvalue weighted by Crippen LogP contribution is 2.29. The Morgan fingerprint density at radius 2 is 1.74 bits per heavy atom. The molecular weight excluding hydrogens is 414 g/mol. The van der Waals surface area contributed by atoms with Gasteiger partial charge in [0.05, 0.1) is 5.69 Å². The Kier molecular flexibility index (Phi) is 7.43. The van der Waals surface area contributed by atoms with Gasteiger partial charge in [-0.3, -0.25) is 19.3 Å². The van der Waals surface area contributed by atoms with Crippen LogP contribution in [-0.2, 0) is 4.79 Å². The summed E-state index contributed by atoms with van der Waals surface area (Å²) < 4.78 is 3.93. The van der Waals surface area contributed by atoms with Crippen molar-refractivity contribution in [2.75, 3.05) is 10.6 Å². The summed E-state index contributed by atoms with van der Waals surface area (Å²) in [5.74, 6) is -1.28. The van der Waals surface area contributed by atoms with Gasteiger partial charge in [0, 0.05) is 11.2 Å². The fourth-order valence-electron chi connectivity index (χ4n) is 3.14. The topological polar surface area (TPSA) is 131 Å². The van der Waals surface area contributed by atoms with Crippen molar-refractivity contribution in [1.29, 1.82) is 0 Å². The molecule has 0 saturated heterocycles. The number of aromatic nitrogens is 1. The number of nitrogen functional groups attached to an aromatic ring is 1. The normalized spacial score (nSPS) is 12.5. The summed E-state index contributed by atoms with van der Waals surface area (Å²) in [6.07, 6.45) is 0.376. The van der Waals surface area contributed by atoms with Gasteiger partial charge in [0.2, 0.25) is 5.91 Å². The highest BCUT2D eigenvalue weighted by Gasteiger charge is 2.35. The molecule has 168 valence electrons. The van der Waals surface area contributed by atoms with E-state index in [2.05, 4.69) is 23.5 Å². The summed E-state index contributed by atoms with van der Waals surface area (Å²) in [5, 5.41) is 2.94. The number of anilines is 2. The van der Waals surface area contributed by atoms with Gasteiger partial charge in [0.1, 0.15) is 10.9 Å². The van der Waals surface area contributed by atoms with E-state index in [-0.39, 0.29) is 22.2 Å².